The summed E-state index contributed by atoms with van der Waals surface area (Å²) in [5.74, 6) is 0.200. The Morgan fingerprint density at radius 1 is 1.05 bits per heavy atom. The van der Waals surface area contributed by atoms with Crippen LogP contribution in [0.25, 0.3) is 0 Å². The van der Waals surface area contributed by atoms with Gasteiger partial charge >= 0.3 is 0 Å². The van der Waals surface area contributed by atoms with Gasteiger partial charge in [0, 0.05) is 28.3 Å². The summed E-state index contributed by atoms with van der Waals surface area (Å²) in [6.07, 6.45) is 6.36. The van der Waals surface area contributed by atoms with Crippen molar-refractivity contribution in [2.75, 3.05) is 26.2 Å². The Bertz CT molecular complexity index is 491. The predicted octanol–water partition coefficient (Wildman–Crippen LogP) is 3.38. The lowest BCUT2D eigenvalue weighted by Crippen LogP contribution is -2.48. The molecule has 0 bridgehead atoms. The lowest BCUT2D eigenvalue weighted by atomic mass is 9.99. The molecule has 0 N–H and O–H groups in total. The van der Waals surface area contributed by atoms with Crippen LogP contribution >= 0.6 is 22.6 Å². The lowest BCUT2D eigenvalue weighted by Gasteiger charge is -2.40. The fraction of sp³-hybridized carbons (Fsp3) is 0.588. The van der Waals surface area contributed by atoms with Gasteiger partial charge in [0.15, 0.2) is 0 Å². The average Bonchev–Trinajstić information content (AvgIpc) is 2.55. The van der Waals surface area contributed by atoms with Crippen LogP contribution in [0, 0.1) is 3.57 Å². The van der Waals surface area contributed by atoms with E-state index in [9.17, 15) is 4.79 Å². The van der Waals surface area contributed by atoms with Crippen LogP contribution < -0.4 is 0 Å². The van der Waals surface area contributed by atoms with Gasteiger partial charge in [0.05, 0.1) is 0 Å². The van der Waals surface area contributed by atoms with E-state index in [1.54, 1.807) is 0 Å². The van der Waals surface area contributed by atoms with Crippen LogP contribution in [0.15, 0.2) is 24.3 Å². The number of amides is 1. The Morgan fingerprint density at radius 2 is 1.76 bits per heavy atom. The SMILES string of the molecule is O=C(c1cccc(I)c1)N1CCC(N2CCCCC2)CC1. The number of halogens is 1. The Hall–Kier alpha value is -0.620. The van der Waals surface area contributed by atoms with Crippen LogP contribution in [-0.4, -0.2) is 47.9 Å². The van der Waals surface area contributed by atoms with Crippen molar-refractivity contribution in [3.05, 3.63) is 33.4 Å². The van der Waals surface area contributed by atoms with Crippen LogP contribution in [0.1, 0.15) is 42.5 Å². The monoisotopic (exact) mass is 398 g/mol. The number of carbonyl (C=O) groups excluding carboxylic acids is 1. The van der Waals surface area contributed by atoms with E-state index in [1.165, 1.54) is 32.4 Å². The summed E-state index contributed by atoms with van der Waals surface area (Å²) in [5, 5.41) is 0. The van der Waals surface area contributed by atoms with Crippen molar-refractivity contribution >= 4 is 28.5 Å². The highest BCUT2D eigenvalue weighted by atomic mass is 127. The largest absolute Gasteiger partial charge is 0.339 e. The number of nitrogens with zero attached hydrogens (tertiary/aromatic N) is 2. The Morgan fingerprint density at radius 3 is 2.43 bits per heavy atom. The molecular formula is C17H23IN2O. The van der Waals surface area contributed by atoms with E-state index in [1.807, 2.05) is 29.2 Å². The van der Waals surface area contributed by atoms with Gasteiger partial charge in [-0.25, -0.2) is 0 Å². The summed E-state index contributed by atoms with van der Waals surface area (Å²) in [5.41, 5.74) is 0.832. The second kappa shape index (κ2) is 7.09. The fourth-order valence-electron chi connectivity index (χ4n) is 3.52. The van der Waals surface area contributed by atoms with Gasteiger partial charge in [0.2, 0.25) is 0 Å². The summed E-state index contributed by atoms with van der Waals surface area (Å²) < 4.78 is 1.13. The van der Waals surface area contributed by atoms with E-state index >= 15 is 0 Å². The first-order chi connectivity index (χ1) is 10.2. The van der Waals surface area contributed by atoms with Crippen molar-refractivity contribution in [3.63, 3.8) is 0 Å². The maximum atomic E-state index is 12.5. The molecule has 0 radical (unpaired) electrons. The predicted molar refractivity (Wildman–Crippen MR) is 93.5 cm³/mol. The summed E-state index contributed by atoms with van der Waals surface area (Å²) >= 11 is 2.26. The normalized spacial score (nSPS) is 21.5. The van der Waals surface area contributed by atoms with Crippen molar-refractivity contribution < 1.29 is 4.79 Å². The minimum Gasteiger partial charge on any atom is -0.339 e. The zero-order valence-electron chi connectivity index (χ0n) is 12.4. The Balaban J connectivity index is 1.56. The van der Waals surface area contributed by atoms with Gasteiger partial charge in [0.1, 0.15) is 0 Å². The molecule has 2 saturated heterocycles. The van der Waals surface area contributed by atoms with E-state index < -0.39 is 0 Å². The van der Waals surface area contributed by atoms with E-state index in [-0.39, 0.29) is 5.91 Å². The number of rotatable bonds is 2. The second-order valence-electron chi connectivity index (χ2n) is 6.13. The van der Waals surface area contributed by atoms with Crippen molar-refractivity contribution in [3.8, 4) is 0 Å². The van der Waals surface area contributed by atoms with E-state index in [0.717, 1.165) is 35.1 Å². The minimum absolute atomic E-state index is 0.200. The molecule has 2 aliphatic rings. The second-order valence-corrected chi connectivity index (χ2v) is 7.38. The molecule has 3 nitrogen and oxygen atoms in total. The average molecular weight is 398 g/mol. The molecule has 1 amide bonds. The number of hydrogen-bond acceptors (Lipinski definition) is 2. The lowest BCUT2D eigenvalue weighted by molar-refractivity contribution is 0.0590. The topological polar surface area (TPSA) is 23.6 Å². The molecule has 3 rings (SSSR count). The highest BCUT2D eigenvalue weighted by Crippen LogP contribution is 2.22. The molecule has 0 saturated carbocycles. The standard InChI is InChI=1S/C17H23IN2O/c18-15-6-4-5-14(13-15)17(21)20-11-7-16(8-12-20)19-9-2-1-3-10-19/h4-6,13,16H,1-3,7-12H2. The number of carbonyl (C=O) groups is 1. The summed E-state index contributed by atoms with van der Waals surface area (Å²) in [4.78, 5) is 17.2. The zero-order valence-corrected chi connectivity index (χ0v) is 14.6. The summed E-state index contributed by atoms with van der Waals surface area (Å²) in [7, 11) is 0. The van der Waals surface area contributed by atoms with Crippen molar-refractivity contribution in [2.24, 2.45) is 0 Å². The molecule has 2 heterocycles. The molecule has 0 spiro atoms. The molecule has 114 valence electrons. The van der Waals surface area contributed by atoms with Crippen LogP contribution in [-0.2, 0) is 0 Å². The highest BCUT2D eigenvalue weighted by molar-refractivity contribution is 14.1. The Kier molecular flexibility index (Phi) is 5.16. The van der Waals surface area contributed by atoms with Gasteiger partial charge in [-0.15, -0.1) is 0 Å². The smallest absolute Gasteiger partial charge is 0.253 e. The maximum Gasteiger partial charge on any atom is 0.253 e. The first-order valence-electron chi connectivity index (χ1n) is 8.03. The van der Waals surface area contributed by atoms with Crippen LogP contribution in [0.2, 0.25) is 0 Å². The molecule has 0 atom stereocenters. The molecule has 0 aliphatic carbocycles. The van der Waals surface area contributed by atoms with Gasteiger partial charge < -0.3 is 9.80 Å². The molecule has 0 aromatic heterocycles. The zero-order chi connectivity index (χ0) is 14.7. The highest BCUT2D eigenvalue weighted by Gasteiger charge is 2.27. The first kappa shape index (κ1) is 15.3. The van der Waals surface area contributed by atoms with Gasteiger partial charge in [-0.05, 0) is 79.6 Å². The molecule has 1 aromatic rings. The van der Waals surface area contributed by atoms with Gasteiger partial charge in [-0.1, -0.05) is 12.5 Å². The molecular weight excluding hydrogens is 375 g/mol. The molecule has 2 fully saturated rings. The van der Waals surface area contributed by atoms with E-state index in [4.69, 9.17) is 0 Å². The van der Waals surface area contributed by atoms with Gasteiger partial charge in [-0.3, -0.25) is 4.79 Å². The third-order valence-electron chi connectivity index (χ3n) is 4.73. The van der Waals surface area contributed by atoms with Gasteiger partial charge in [0.25, 0.3) is 5.91 Å². The summed E-state index contributed by atoms with van der Waals surface area (Å²) in [6.45, 7) is 4.34. The molecule has 1 aromatic carbocycles. The first-order valence-corrected chi connectivity index (χ1v) is 9.11. The van der Waals surface area contributed by atoms with Crippen molar-refractivity contribution in [2.45, 2.75) is 38.1 Å². The Labute approximate surface area is 140 Å². The van der Waals surface area contributed by atoms with Crippen LogP contribution in [0.3, 0.4) is 0 Å². The number of hydrogen-bond donors (Lipinski definition) is 0. The van der Waals surface area contributed by atoms with Crippen LogP contribution in [0.5, 0.6) is 0 Å². The molecule has 0 unspecified atom stereocenters. The molecule has 4 heteroatoms. The molecule has 21 heavy (non-hydrogen) atoms. The van der Waals surface area contributed by atoms with Gasteiger partial charge in [-0.2, -0.15) is 0 Å². The number of benzene rings is 1. The van der Waals surface area contributed by atoms with Crippen molar-refractivity contribution in [1.82, 2.24) is 9.80 Å². The fourth-order valence-corrected chi connectivity index (χ4v) is 4.06. The third kappa shape index (κ3) is 3.77. The quantitative estimate of drug-likeness (QED) is 0.714. The number of likely N-dealkylation sites (tertiary alicyclic amines) is 2. The minimum atomic E-state index is 0.200. The van der Waals surface area contributed by atoms with E-state index in [2.05, 4.69) is 27.5 Å². The molecule has 2 aliphatic heterocycles. The van der Waals surface area contributed by atoms with Crippen molar-refractivity contribution in [1.29, 1.82) is 0 Å². The van der Waals surface area contributed by atoms with E-state index in [0.29, 0.717) is 6.04 Å². The third-order valence-corrected chi connectivity index (χ3v) is 5.40. The number of piperidine rings is 2. The van der Waals surface area contributed by atoms with Crippen LogP contribution in [0.4, 0.5) is 0 Å². The maximum absolute atomic E-state index is 12.5. The summed E-state index contributed by atoms with van der Waals surface area (Å²) in [6, 6.07) is 8.61.